The van der Waals surface area contributed by atoms with Gasteiger partial charge in [0.15, 0.2) is 11.6 Å². The maximum atomic E-state index is 14.3. The Balaban J connectivity index is 1.50. The van der Waals surface area contributed by atoms with E-state index in [0.29, 0.717) is 39.3 Å². The van der Waals surface area contributed by atoms with Crippen LogP contribution < -0.4 is 16.0 Å². The number of hydrogen-bond acceptors (Lipinski definition) is 7. The molecule has 1 aromatic heterocycles. The van der Waals surface area contributed by atoms with Gasteiger partial charge in [0.25, 0.3) is 0 Å². The van der Waals surface area contributed by atoms with Gasteiger partial charge in [-0.25, -0.2) is 14.2 Å². The molecule has 182 valence electrons. The summed E-state index contributed by atoms with van der Waals surface area (Å²) in [5, 5.41) is 9.42. The minimum atomic E-state index is -0.640. The number of aromatic nitrogens is 2. The van der Waals surface area contributed by atoms with Gasteiger partial charge in [0.2, 0.25) is 5.95 Å². The average molecular weight is 518 g/mol. The van der Waals surface area contributed by atoms with Gasteiger partial charge < -0.3 is 20.1 Å². The van der Waals surface area contributed by atoms with E-state index in [-0.39, 0.29) is 11.8 Å². The van der Waals surface area contributed by atoms with Gasteiger partial charge in [0.05, 0.1) is 28.2 Å². The van der Waals surface area contributed by atoms with Crippen molar-refractivity contribution >= 4 is 46.7 Å². The van der Waals surface area contributed by atoms with Crippen molar-refractivity contribution < 1.29 is 18.7 Å². The Labute approximate surface area is 211 Å². The van der Waals surface area contributed by atoms with Crippen LogP contribution in [0.25, 0.3) is 0 Å². The zero-order chi connectivity index (χ0) is 25.2. The van der Waals surface area contributed by atoms with Crippen molar-refractivity contribution in [3.8, 4) is 0 Å². The van der Waals surface area contributed by atoms with Gasteiger partial charge in [-0.1, -0.05) is 23.2 Å². The summed E-state index contributed by atoms with van der Waals surface area (Å²) in [6.45, 7) is 5.36. The van der Waals surface area contributed by atoms with Crippen LogP contribution in [0, 0.1) is 5.82 Å². The number of nitrogens with one attached hydrogen (secondary N) is 3. The second-order valence-corrected chi connectivity index (χ2v) is 9.42. The van der Waals surface area contributed by atoms with Crippen LogP contribution in [0.5, 0.6) is 0 Å². The standard InChI is InChI=1S/C24H22Cl2FN5O3/c1-24(2,3)35-23(33)31-19-8-9-34-20-7-5-13(10-15(19)20)30-22-28-12-18(27)21(32-22)29-14-4-6-16(25)17(26)11-14/h4-9,11-12H,10H2,1-3H3,(H,31,33)(H2,28,29,30,32). The number of nitrogens with zero attached hydrogens (tertiary/aromatic N) is 2. The summed E-state index contributed by atoms with van der Waals surface area (Å²) in [4.78, 5) is 20.5. The van der Waals surface area contributed by atoms with Gasteiger partial charge in [0, 0.05) is 23.4 Å². The second kappa shape index (κ2) is 9.97. The van der Waals surface area contributed by atoms with Crippen LogP contribution in [0.1, 0.15) is 27.2 Å². The molecule has 11 heteroatoms. The highest BCUT2D eigenvalue weighted by Crippen LogP contribution is 2.32. The quantitative estimate of drug-likeness (QED) is 0.412. The Morgan fingerprint density at radius 1 is 1.17 bits per heavy atom. The number of carbonyl (C=O) groups is 1. The van der Waals surface area contributed by atoms with E-state index in [1.807, 2.05) is 0 Å². The fraction of sp³-hybridized carbons (Fsp3) is 0.208. The number of allylic oxidation sites excluding steroid dienone is 5. The van der Waals surface area contributed by atoms with Crippen LogP contribution in [0.15, 0.2) is 71.6 Å². The molecular formula is C24H22Cl2FN5O3. The summed E-state index contributed by atoms with van der Waals surface area (Å²) >= 11 is 12.0. The number of hydrogen-bond donors (Lipinski definition) is 3. The lowest BCUT2D eigenvalue weighted by Crippen LogP contribution is -2.33. The Morgan fingerprint density at radius 3 is 2.71 bits per heavy atom. The smallest absolute Gasteiger partial charge is 0.412 e. The van der Waals surface area contributed by atoms with Gasteiger partial charge in [-0.2, -0.15) is 4.98 Å². The molecule has 0 spiro atoms. The number of halogens is 3. The van der Waals surface area contributed by atoms with Gasteiger partial charge in [-0.05, 0) is 57.2 Å². The Hall–Kier alpha value is -3.56. The molecule has 0 bridgehead atoms. The van der Waals surface area contributed by atoms with Crippen LogP contribution in [-0.4, -0.2) is 21.7 Å². The molecule has 35 heavy (non-hydrogen) atoms. The number of carbonyl (C=O) groups excluding carboxylic acids is 1. The SMILES string of the molecule is CC(C)(C)OC(=O)NC1=C2CC(Nc3ncc(F)c(Nc4ccc(Cl)c(Cl)c4)n3)=CC=C2OC=C1. The monoisotopic (exact) mass is 517 g/mol. The van der Waals surface area contributed by atoms with Crippen LogP contribution in [-0.2, 0) is 9.47 Å². The summed E-state index contributed by atoms with van der Waals surface area (Å²) in [7, 11) is 0. The number of fused-ring (bicyclic) bond motifs is 1. The molecule has 4 rings (SSSR count). The van der Waals surface area contributed by atoms with E-state index >= 15 is 0 Å². The molecule has 0 unspecified atom stereocenters. The molecule has 0 saturated heterocycles. The van der Waals surface area contributed by atoms with Crippen molar-refractivity contribution in [2.75, 3.05) is 10.6 Å². The zero-order valence-electron chi connectivity index (χ0n) is 19.1. The molecule has 2 aromatic rings. The number of rotatable bonds is 5. The number of amides is 1. The highest BCUT2D eigenvalue weighted by atomic mass is 35.5. The first-order valence-electron chi connectivity index (χ1n) is 10.6. The van der Waals surface area contributed by atoms with Gasteiger partial charge in [-0.3, -0.25) is 5.32 Å². The van der Waals surface area contributed by atoms with Crippen LogP contribution in [0.4, 0.5) is 26.6 Å². The number of anilines is 3. The lowest BCUT2D eigenvalue weighted by molar-refractivity contribution is 0.0546. The molecular weight excluding hydrogens is 496 g/mol. The third kappa shape index (κ3) is 6.32. The van der Waals surface area contributed by atoms with Crippen molar-refractivity contribution in [3.63, 3.8) is 0 Å². The van der Waals surface area contributed by atoms with Gasteiger partial charge in [-0.15, -0.1) is 0 Å². The van der Waals surface area contributed by atoms with Crippen molar-refractivity contribution in [1.29, 1.82) is 0 Å². The molecule has 0 radical (unpaired) electrons. The molecule has 2 heterocycles. The summed E-state index contributed by atoms with van der Waals surface area (Å²) < 4.78 is 25.2. The van der Waals surface area contributed by atoms with Crippen molar-refractivity contribution in [2.24, 2.45) is 0 Å². The topological polar surface area (TPSA) is 97.4 Å². The van der Waals surface area contributed by atoms with E-state index in [2.05, 4.69) is 25.9 Å². The second-order valence-electron chi connectivity index (χ2n) is 8.61. The minimum Gasteiger partial charge on any atom is -0.465 e. The summed E-state index contributed by atoms with van der Waals surface area (Å²) in [5.41, 5.74) is 1.87. The molecule has 8 nitrogen and oxygen atoms in total. The highest BCUT2D eigenvalue weighted by molar-refractivity contribution is 6.42. The maximum absolute atomic E-state index is 14.3. The van der Waals surface area contributed by atoms with Crippen molar-refractivity contribution in [3.05, 3.63) is 87.5 Å². The van der Waals surface area contributed by atoms with Gasteiger partial charge in [0.1, 0.15) is 11.4 Å². The Morgan fingerprint density at radius 2 is 1.97 bits per heavy atom. The van der Waals surface area contributed by atoms with E-state index in [1.54, 1.807) is 57.2 Å². The molecule has 0 saturated carbocycles. The third-order valence-corrected chi connectivity index (χ3v) is 5.43. The predicted molar refractivity (Wildman–Crippen MR) is 133 cm³/mol. The van der Waals surface area contributed by atoms with Crippen molar-refractivity contribution in [2.45, 2.75) is 32.8 Å². The average Bonchev–Trinajstić information content (AvgIpc) is 2.78. The molecule has 1 aromatic carbocycles. The van der Waals surface area contributed by atoms with E-state index in [1.165, 1.54) is 6.26 Å². The fourth-order valence-electron chi connectivity index (χ4n) is 3.21. The predicted octanol–water partition coefficient (Wildman–Crippen LogP) is 6.57. The largest absolute Gasteiger partial charge is 0.465 e. The van der Waals surface area contributed by atoms with Crippen LogP contribution in [0.2, 0.25) is 10.0 Å². The Bertz CT molecular complexity index is 1300. The first-order valence-corrected chi connectivity index (χ1v) is 11.3. The summed E-state index contributed by atoms with van der Waals surface area (Å²) in [5.74, 6) is 0.0837. The molecule has 0 atom stereocenters. The van der Waals surface area contributed by atoms with Gasteiger partial charge >= 0.3 is 6.09 Å². The molecule has 3 N–H and O–H groups in total. The lowest BCUT2D eigenvalue weighted by atomic mass is 9.99. The van der Waals surface area contributed by atoms with Crippen LogP contribution >= 0.6 is 23.2 Å². The number of ether oxygens (including phenoxy) is 2. The Kier molecular flexibility index (Phi) is 7.00. The highest BCUT2D eigenvalue weighted by Gasteiger charge is 2.24. The number of benzene rings is 1. The molecule has 0 fully saturated rings. The molecule has 1 amide bonds. The number of alkyl carbamates (subject to hydrolysis) is 1. The molecule has 2 aliphatic rings. The first-order chi connectivity index (χ1) is 16.6. The zero-order valence-corrected chi connectivity index (χ0v) is 20.6. The maximum Gasteiger partial charge on any atom is 0.412 e. The summed E-state index contributed by atoms with van der Waals surface area (Å²) in [6, 6.07) is 4.82. The van der Waals surface area contributed by atoms with E-state index in [4.69, 9.17) is 32.7 Å². The summed E-state index contributed by atoms with van der Waals surface area (Å²) in [6.07, 6.45) is 7.53. The lowest BCUT2D eigenvalue weighted by Gasteiger charge is -2.25. The molecule has 1 aliphatic carbocycles. The first kappa shape index (κ1) is 24.6. The third-order valence-electron chi connectivity index (χ3n) is 4.69. The molecule has 1 aliphatic heterocycles. The normalized spacial score (nSPS) is 14.9. The minimum absolute atomic E-state index is 0.0380. The van der Waals surface area contributed by atoms with Crippen LogP contribution in [0.3, 0.4) is 0 Å². The fourth-order valence-corrected chi connectivity index (χ4v) is 3.51. The van der Waals surface area contributed by atoms with E-state index in [9.17, 15) is 9.18 Å². The van der Waals surface area contributed by atoms with Crippen molar-refractivity contribution in [1.82, 2.24) is 15.3 Å². The van der Waals surface area contributed by atoms with E-state index < -0.39 is 17.5 Å². The van der Waals surface area contributed by atoms with E-state index in [0.717, 1.165) is 11.8 Å².